The second-order valence-corrected chi connectivity index (χ2v) is 7.80. The number of hydrogen-bond acceptors (Lipinski definition) is 5. The van der Waals surface area contributed by atoms with Crippen molar-refractivity contribution in [1.82, 2.24) is 15.4 Å². The van der Waals surface area contributed by atoms with Crippen LogP contribution in [0.25, 0.3) is 0 Å². The van der Waals surface area contributed by atoms with E-state index >= 15 is 0 Å². The van der Waals surface area contributed by atoms with Crippen LogP contribution >= 0.6 is 11.3 Å². The fourth-order valence-electron chi connectivity index (χ4n) is 3.41. The number of likely N-dealkylation sites (tertiary alicyclic amines) is 1. The topological polar surface area (TPSA) is 75.4 Å². The molecule has 3 heterocycles. The Morgan fingerprint density at radius 3 is 2.86 bits per heavy atom. The zero-order valence-corrected chi connectivity index (χ0v) is 16.2. The van der Waals surface area contributed by atoms with Gasteiger partial charge in [0.05, 0.1) is 4.88 Å². The third kappa shape index (κ3) is 4.14. The molecule has 7 heteroatoms. The lowest BCUT2D eigenvalue weighted by Gasteiger charge is -2.31. The summed E-state index contributed by atoms with van der Waals surface area (Å²) in [6.45, 7) is 1.76. The second kappa shape index (κ2) is 8.39. The minimum atomic E-state index is -0.263. The van der Waals surface area contributed by atoms with E-state index in [1.165, 1.54) is 11.3 Å². The van der Waals surface area contributed by atoms with Crippen LogP contribution in [0, 0.1) is 0 Å². The maximum Gasteiger partial charge on any atom is 0.273 e. The Balaban J connectivity index is 1.38. The third-order valence-electron chi connectivity index (χ3n) is 4.90. The fraction of sp³-hybridized carbons (Fsp3) is 0.286. The van der Waals surface area contributed by atoms with Crippen molar-refractivity contribution in [2.75, 3.05) is 13.1 Å². The number of thiophene rings is 1. The number of carbonyl (C=O) groups excluding carboxylic acids is 2. The quantitative estimate of drug-likeness (QED) is 0.715. The molecule has 6 nitrogen and oxygen atoms in total. The molecule has 1 saturated heterocycles. The van der Waals surface area contributed by atoms with Crippen molar-refractivity contribution in [2.24, 2.45) is 0 Å². The van der Waals surface area contributed by atoms with Crippen molar-refractivity contribution in [3.8, 4) is 0 Å². The van der Waals surface area contributed by atoms with Gasteiger partial charge in [0.2, 0.25) is 0 Å². The highest BCUT2D eigenvalue weighted by molar-refractivity contribution is 7.12. The molecule has 28 heavy (non-hydrogen) atoms. The first-order valence-corrected chi connectivity index (χ1v) is 10.2. The molecule has 1 unspecified atom stereocenters. The van der Waals surface area contributed by atoms with Crippen molar-refractivity contribution >= 4 is 23.2 Å². The highest BCUT2D eigenvalue weighted by Crippen LogP contribution is 2.28. The van der Waals surface area contributed by atoms with Gasteiger partial charge in [-0.3, -0.25) is 9.59 Å². The maximum atomic E-state index is 12.6. The van der Waals surface area contributed by atoms with E-state index in [1.54, 1.807) is 6.07 Å². The van der Waals surface area contributed by atoms with Crippen molar-refractivity contribution in [2.45, 2.75) is 25.3 Å². The Morgan fingerprint density at radius 2 is 2.07 bits per heavy atom. The van der Waals surface area contributed by atoms with Crippen LogP contribution in [0.4, 0.5) is 0 Å². The monoisotopic (exact) mass is 395 g/mol. The molecule has 1 aliphatic rings. The average molecular weight is 395 g/mol. The van der Waals surface area contributed by atoms with Crippen LogP contribution in [0.5, 0.6) is 0 Å². The summed E-state index contributed by atoms with van der Waals surface area (Å²) in [6, 6.07) is 15.1. The van der Waals surface area contributed by atoms with Crippen LogP contribution in [0.2, 0.25) is 0 Å². The Labute approximate surface area is 167 Å². The zero-order valence-electron chi connectivity index (χ0n) is 15.3. The van der Waals surface area contributed by atoms with Gasteiger partial charge in [0.15, 0.2) is 5.69 Å². The van der Waals surface area contributed by atoms with Crippen LogP contribution in [0.15, 0.2) is 58.4 Å². The molecule has 2 aromatic heterocycles. The molecule has 4 rings (SSSR count). The molecular weight excluding hydrogens is 374 g/mol. The average Bonchev–Trinajstić information content (AvgIpc) is 3.45. The Hall–Kier alpha value is -2.93. The van der Waals surface area contributed by atoms with Crippen LogP contribution in [0.1, 0.15) is 50.2 Å². The number of aromatic nitrogens is 1. The van der Waals surface area contributed by atoms with E-state index in [2.05, 4.69) is 10.5 Å². The van der Waals surface area contributed by atoms with Gasteiger partial charge in [-0.05, 0) is 29.9 Å². The molecule has 3 aromatic rings. The van der Waals surface area contributed by atoms with Crippen LogP contribution in [0.3, 0.4) is 0 Å². The van der Waals surface area contributed by atoms with Crippen molar-refractivity contribution in [3.63, 3.8) is 0 Å². The van der Waals surface area contributed by atoms with E-state index in [1.807, 2.05) is 52.7 Å². The van der Waals surface area contributed by atoms with Gasteiger partial charge in [0, 0.05) is 31.6 Å². The van der Waals surface area contributed by atoms with E-state index in [4.69, 9.17) is 4.52 Å². The molecule has 0 saturated carbocycles. The Morgan fingerprint density at radius 1 is 1.21 bits per heavy atom. The number of nitrogens with one attached hydrogen (secondary N) is 1. The van der Waals surface area contributed by atoms with Gasteiger partial charge in [0.1, 0.15) is 5.76 Å². The normalized spacial score (nSPS) is 16.7. The van der Waals surface area contributed by atoms with Crippen molar-refractivity contribution in [1.29, 1.82) is 0 Å². The first-order chi connectivity index (χ1) is 13.7. The largest absolute Gasteiger partial charge is 0.360 e. The molecule has 0 spiro atoms. The number of piperidine rings is 1. The summed E-state index contributed by atoms with van der Waals surface area (Å²) in [5.74, 6) is 0.510. The predicted molar refractivity (Wildman–Crippen MR) is 106 cm³/mol. The van der Waals surface area contributed by atoms with E-state index in [9.17, 15) is 9.59 Å². The highest BCUT2D eigenvalue weighted by atomic mass is 32.1. The molecule has 0 bridgehead atoms. The number of benzene rings is 1. The lowest BCUT2D eigenvalue weighted by Crippen LogP contribution is -2.38. The first-order valence-electron chi connectivity index (χ1n) is 9.32. The second-order valence-electron chi connectivity index (χ2n) is 6.85. The molecule has 1 N–H and O–H groups in total. The molecule has 1 aliphatic heterocycles. The van der Waals surface area contributed by atoms with Gasteiger partial charge in [-0.15, -0.1) is 11.3 Å². The minimum Gasteiger partial charge on any atom is -0.360 e. The third-order valence-corrected chi connectivity index (χ3v) is 5.76. The lowest BCUT2D eigenvalue weighted by molar-refractivity contribution is 0.0702. The van der Waals surface area contributed by atoms with E-state index < -0.39 is 0 Å². The van der Waals surface area contributed by atoms with Gasteiger partial charge in [-0.1, -0.05) is 41.6 Å². The van der Waals surface area contributed by atoms with Gasteiger partial charge in [-0.25, -0.2) is 0 Å². The van der Waals surface area contributed by atoms with E-state index in [-0.39, 0.29) is 23.4 Å². The van der Waals surface area contributed by atoms with Gasteiger partial charge in [-0.2, -0.15) is 0 Å². The Bertz CT molecular complexity index is 937. The molecule has 144 valence electrons. The highest BCUT2D eigenvalue weighted by Gasteiger charge is 2.29. The Kier molecular flexibility index (Phi) is 5.53. The van der Waals surface area contributed by atoms with E-state index in [0.29, 0.717) is 18.8 Å². The first kappa shape index (κ1) is 18.4. The minimum absolute atomic E-state index is 0.0556. The van der Waals surface area contributed by atoms with Crippen molar-refractivity contribution in [3.05, 3.63) is 75.8 Å². The van der Waals surface area contributed by atoms with Crippen LogP contribution in [-0.4, -0.2) is 35.0 Å². The number of carbonyl (C=O) groups is 2. The number of rotatable bonds is 5. The summed E-state index contributed by atoms with van der Waals surface area (Å²) >= 11 is 1.45. The molecule has 0 radical (unpaired) electrons. The van der Waals surface area contributed by atoms with Gasteiger partial charge >= 0.3 is 0 Å². The lowest BCUT2D eigenvalue weighted by atomic mass is 9.95. The summed E-state index contributed by atoms with van der Waals surface area (Å²) in [5.41, 5.74) is 1.29. The van der Waals surface area contributed by atoms with Crippen LogP contribution in [-0.2, 0) is 6.54 Å². The molecule has 2 amide bonds. The molecule has 1 aromatic carbocycles. The molecule has 0 aliphatic carbocycles. The summed E-state index contributed by atoms with van der Waals surface area (Å²) in [4.78, 5) is 27.6. The summed E-state index contributed by atoms with van der Waals surface area (Å²) in [6.07, 6.45) is 1.81. The molecule has 1 fully saturated rings. The summed E-state index contributed by atoms with van der Waals surface area (Å²) < 4.78 is 5.45. The smallest absolute Gasteiger partial charge is 0.273 e. The fourth-order valence-corrected chi connectivity index (χ4v) is 4.10. The summed E-state index contributed by atoms with van der Waals surface area (Å²) in [7, 11) is 0. The van der Waals surface area contributed by atoms with Crippen molar-refractivity contribution < 1.29 is 14.1 Å². The van der Waals surface area contributed by atoms with Gasteiger partial charge in [0.25, 0.3) is 11.8 Å². The van der Waals surface area contributed by atoms with E-state index in [0.717, 1.165) is 29.8 Å². The molecular formula is C21H21N3O3S. The number of nitrogens with zero attached hydrogens (tertiary/aromatic N) is 2. The number of hydrogen-bond donors (Lipinski definition) is 1. The predicted octanol–water partition coefficient (Wildman–Crippen LogP) is 3.69. The standard InChI is InChI=1S/C21H21N3O3S/c25-20(22-13-15-6-2-1-3-7-15)17-12-18(27-23-17)16-8-4-10-24(14-16)21(26)19-9-5-11-28-19/h1-3,5-7,9,11-12,16H,4,8,10,13-14H2,(H,22,25). The SMILES string of the molecule is O=C(NCc1ccccc1)c1cc(C2CCCN(C(=O)c3cccs3)C2)on1. The van der Waals surface area contributed by atoms with Crippen LogP contribution < -0.4 is 5.32 Å². The number of amides is 2. The molecule has 1 atom stereocenters. The zero-order chi connectivity index (χ0) is 19.3. The summed E-state index contributed by atoms with van der Waals surface area (Å²) in [5, 5.41) is 8.70. The maximum absolute atomic E-state index is 12.6. The van der Waals surface area contributed by atoms with Gasteiger partial charge < -0.3 is 14.7 Å².